The van der Waals surface area contributed by atoms with E-state index in [-0.39, 0.29) is 23.2 Å². The van der Waals surface area contributed by atoms with Crippen LogP contribution in [0.5, 0.6) is 0 Å². The molecule has 2 N–H and O–H groups in total. The van der Waals surface area contributed by atoms with Crippen molar-refractivity contribution in [2.24, 2.45) is 5.92 Å². The summed E-state index contributed by atoms with van der Waals surface area (Å²) in [5.41, 5.74) is 1.05. The number of halogens is 1. The van der Waals surface area contributed by atoms with Gasteiger partial charge in [0, 0.05) is 6.04 Å². The van der Waals surface area contributed by atoms with Gasteiger partial charge in [0.1, 0.15) is 5.82 Å². The second-order valence-electron chi connectivity index (χ2n) is 5.70. The van der Waals surface area contributed by atoms with E-state index in [1.165, 1.54) is 18.2 Å². The van der Waals surface area contributed by atoms with Crippen LogP contribution in [0.15, 0.2) is 18.2 Å². The maximum absolute atomic E-state index is 13.3. The van der Waals surface area contributed by atoms with Gasteiger partial charge in [-0.1, -0.05) is 0 Å². The van der Waals surface area contributed by atoms with E-state index in [1.54, 1.807) is 0 Å². The summed E-state index contributed by atoms with van der Waals surface area (Å²) in [6.07, 6.45) is 2.41. The van der Waals surface area contributed by atoms with Gasteiger partial charge in [0.05, 0.1) is 28.8 Å². The monoisotopic (exact) mass is 312 g/mol. The average Bonchev–Trinajstić information content (AvgIpc) is 3.14. The number of nitrogens with one attached hydrogen (secondary N) is 2. The van der Waals surface area contributed by atoms with Crippen molar-refractivity contribution in [1.82, 2.24) is 0 Å². The molecule has 1 aromatic rings. The predicted molar refractivity (Wildman–Crippen MR) is 78.4 cm³/mol. The molecule has 1 saturated heterocycles. The van der Waals surface area contributed by atoms with Gasteiger partial charge in [-0.15, -0.1) is 0 Å². The van der Waals surface area contributed by atoms with Crippen LogP contribution in [0.3, 0.4) is 0 Å². The fraction of sp³-hybridized carbons (Fsp3) is 0.500. The molecule has 0 unspecified atom stereocenters. The molecule has 1 aliphatic heterocycles. The van der Waals surface area contributed by atoms with Gasteiger partial charge in [0.2, 0.25) is 5.91 Å². The summed E-state index contributed by atoms with van der Waals surface area (Å²) in [6.45, 7) is 0. The van der Waals surface area contributed by atoms with Crippen molar-refractivity contribution in [2.45, 2.75) is 25.3 Å². The smallest absolute Gasteiger partial charge is 0.228 e. The first-order chi connectivity index (χ1) is 9.93. The minimum absolute atomic E-state index is 0.0572. The number of rotatable bonds is 4. The summed E-state index contributed by atoms with van der Waals surface area (Å²) in [5.74, 6) is -1.26. The summed E-state index contributed by atoms with van der Waals surface area (Å²) in [6, 6.07) is 4.45. The van der Waals surface area contributed by atoms with Gasteiger partial charge >= 0.3 is 0 Å². The zero-order chi connectivity index (χ0) is 15.0. The van der Waals surface area contributed by atoms with E-state index in [0.29, 0.717) is 23.8 Å². The van der Waals surface area contributed by atoms with Crippen LogP contribution in [0.4, 0.5) is 15.8 Å². The zero-order valence-electron chi connectivity index (χ0n) is 11.4. The van der Waals surface area contributed by atoms with Crippen LogP contribution in [0.2, 0.25) is 0 Å². The lowest BCUT2D eigenvalue weighted by Gasteiger charge is -2.15. The van der Waals surface area contributed by atoms with Gasteiger partial charge < -0.3 is 10.6 Å². The number of sulfone groups is 1. The van der Waals surface area contributed by atoms with Crippen molar-refractivity contribution < 1.29 is 17.6 Å². The molecule has 114 valence electrons. The fourth-order valence-electron chi connectivity index (χ4n) is 2.43. The van der Waals surface area contributed by atoms with Gasteiger partial charge in [-0.05, 0) is 37.5 Å². The lowest BCUT2D eigenvalue weighted by molar-refractivity contribution is -0.119. The molecule has 1 aliphatic carbocycles. The lowest BCUT2D eigenvalue weighted by atomic mass is 10.1. The molecule has 3 rings (SSSR count). The summed E-state index contributed by atoms with van der Waals surface area (Å²) in [7, 11) is -3.10. The van der Waals surface area contributed by atoms with E-state index >= 15 is 0 Å². The minimum Gasteiger partial charge on any atom is -0.381 e. The van der Waals surface area contributed by atoms with Crippen molar-refractivity contribution in [1.29, 1.82) is 0 Å². The van der Waals surface area contributed by atoms with Crippen LogP contribution in [-0.4, -0.2) is 31.9 Å². The number of carbonyl (C=O) groups is 1. The maximum Gasteiger partial charge on any atom is 0.228 e. The summed E-state index contributed by atoms with van der Waals surface area (Å²) < 4.78 is 36.2. The molecule has 0 bridgehead atoms. The average molecular weight is 312 g/mol. The molecule has 1 atom stereocenters. The van der Waals surface area contributed by atoms with E-state index in [9.17, 15) is 17.6 Å². The Kier molecular flexibility index (Phi) is 3.61. The molecular weight excluding hydrogens is 295 g/mol. The molecule has 2 fully saturated rings. The number of anilines is 2. The van der Waals surface area contributed by atoms with Crippen molar-refractivity contribution in [3.8, 4) is 0 Å². The molecular formula is C14H17FN2O3S. The van der Waals surface area contributed by atoms with Crippen molar-refractivity contribution in [3.05, 3.63) is 24.0 Å². The third kappa shape index (κ3) is 3.53. The third-order valence-electron chi connectivity index (χ3n) is 3.78. The van der Waals surface area contributed by atoms with Crippen LogP contribution in [0.25, 0.3) is 0 Å². The molecule has 0 aromatic heterocycles. The second kappa shape index (κ2) is 5.29. The highest BCUT2D eigenvalue weighted by Gasteiger charge is 2.33. The first kappa shape index (κ1) is 14.3. The van der Waals surface area contributed by atoms with Crippen LogP contribution < -0.4 is 10.6 Å². The molecule has 5 nitrogen and oxygen atoms in total. The van der Waals surface area contributed by atoms with E-state index in [0.717, 1.165) is 12.8 Å². The van der Waals surface area contributed by atoms with Crippen molar-refractivity contribution in [3.63, 3.8) is 0 Å². The van der Waals surface area contributed by atoms with Crippen LogP contribution >= 0.6 is 0 Å². The zero-order valence-corrected chi connectivity index (χ0v) is 12.2. The molecule has 1 saturated carbocycles. The highest BCUT2D eigenvalue weighted by Crippen LogP contribution is 2.31. The van der Waals surface area contributed by atoms with E-state index in [1.807, 2.05) is 0 Å². The van der Waals surface area contributed by atoms with Crippen LogP contribution in [0, 0.1) is 11.7 Å². The Hall–Kier alpha value is -1.63. The highest BCUT2D eigenvalue weighted by atomic mass is 32.2. The minimum atomic E-state index is -3.10. The molecule has 2 aliphatic rings. The van der Waals surface area contributed by atoms with Gasteiger partial charge in [-0.2, -0.15) is 0 Å². The first-order valence-corrected chi connectivity index (χ1v) is 8.82. The molecule has 0 spiro atoms. The number of benzene rings is 1. The normalized spacial score (nSPS) is 23.8. The van der Waals surface area contributed by atoms with Crippen molar-refractivity contribution >= 4 is 27.1 Å². The van der Waals surface area contributed by atoms with Gasteiger partial charge in [-0.3, -0.25) is 4.79 Å². The Morgan fingerprint density at radius 3 is 2.57 bits per heavy atom. The van der Waals surface area contributed by atoms with Gasteiger partial charge in [0.15, 0.2) is 9.84 Å². The molecule has 1 amide bonds. The summed E-state index contributed by atoms with van der Waals surface area (Å²) in [4.78, 5) is 12.1. The number of hydrogen-bond donors (Lipinski definition) is 2. The summed E-state index contributed by atoms with van der Waals surface area (Å²) >= 11 is 0. The SMILES string of the molecule is O=C(Nc1ccc(F)cc1NC1CC1)[C@H]1CCS(=O)(=O)C1. The maximum atomic E-state index is 13.3. The molecule has 21 heavy (non-hydrogen) atoms. The van der Waals surface area contributed by atoms with Gasteiger partial charge in [-0.25, -0.2) is 12.8 Å². The van der Waals surface area contributed by atoms with Crippen LogP contribution in [-0.2, 0) is 14.6 Å². The van der Waals surface area contributed by atoms with E-state index < -0.39 is 15.8 Å². The molecule has 1 heterocycles. The number of carbonyl (C=O) groups excluding carboxylic acids is 1. The summed E-state index contributed by atoms with van der Waals surface area (Å²) in [5, 5.41) is 5.88. The molecule has 1 aromatic carbocycles. The van der Waals surface area contributed by atoms with E-state index in [4.69, 9.17) is 0 Å². The number of amides is 1. The number of hydrogen-bond acceptors (Lipinski definition) is 4. The fourth-order valence-corrected chi connectivity index (χ4v) is 4.17. The van der Waals surface area contributed by atoms with Crippen molar-refractivity contribution in [2.75, 3.05) is 22.1 Å². The Labute approximate surface area is 122 Å². The molecule has 0 radical (unpaired) electrons. The quantitative estimate of drug-likeness (QED) is 0.888. The second-order valence-corrected chi connectivity index (χ2v) is 7.93. The predicted octanol–water partition coefficient (Wildman–Crippen LogP) is 1.77. The van der Waals surface area contributed by atoms with Gasteiger partial charge in [0.25, 0.3) is 0 Å². The largest absolute Gasteiger partial charge is 0.381 e. The van der Waals surface area contributed by atoms with E-state index in [2.05, 4.69) is 10.6 Å². The van der Waals surface area contributed by atoms with Crippen LogP contribution in [0.1, 0.15) is 19.3 Å². The topological polar surface area (TPSA) is 75.3 Å². The molecule has 7 heteroatoms. The Bertz CT molecular complexity index is 671. The Morgan fingerprint density at radius 1 is 1.19 bits per heavy atom. The lowest BCUT2D eigenvalue weighted by Crippen LogP contribution is -2.24. The highest BCUT2D eigenvalue weighted by molar-refractivity contribution is 7.91. The Morgan fingerprint density at radius 2 is 1.95 bits per heavy atom. The third-order valence-corrected chi connectivity index (χ3v) is 5.55. The Balaban J connectivity index is 1.73. The standard InChI is InChI=1S/C14H17FN2O3S/c15-10-1-4-12(13(7-10)16-11-2-3-11)17-14(18)9-5-6-21(19,20)8-9/h1,4,7,9,11,16H,2-3,5-6,8H2,(H,17,18)/t9-/m0/s1. The first-order valence-electron chi connectivity index (χ1n) is 7.00.